The van der Waals surface area contributed by atoms with Crippen LogP contribution in [0.5, 0.6) is 0 Å². The third-order valence-corrected chi connectivity index (χ3v) is 6.19. The molecule has 0 unspecified atom stereocenters. The topological polar surface area (TPSA) is 51.1 Å². The van der Waals surface area contributed by atoms with Crippen LogP contribution in [0.2, 0.25) is 0 Å². The normalized spacial score (nSPS) is 15.1. The van der Waals surface area contributed by atoms with Crippen molar-refractivity contribution in [2.45, 2.75) is 33.1 Å². The molecule has 28 heavy (non-hydrogen) atoms. The predicted octanol–water partition coefficient (Wildman–Crippen LogP) is 4.71. The highest BCUT2D eigenvalue weighted by molar-refractivity contribution is 7.18. The standard InChI is InChI=1S/C22H26N4OS/c1-15-19(18-9-10-23-21(25-18)26-11-13-27-14-12-26)28-20(24-15)16-5-7-17(8-6-16)22(2,3)4/h5-10H,11-14H2,1-4H3. The van der Waals surface area contributed by atoms with Crippen LogP contribution >= 0.6 is 11.3 Å². The van der Waals surface area contributed by atoms with Crippen LogP contribution in [0.15, 0.2) is 36.5 Å². The van der Waals surface area contributed by atoms with Crippen LogP contribution in [0.3, 0.4) is 0 Å². The second kappa shape index (κ2) is 7.60. The summed E-state index contributed by atoms with van der Waals surface area (Å²) in [4.78, 5) is 17.4. The fraction of sp³-hybridized carbons (Fsp3) is 0.409. The molecule has 5 nitrogen and oxygen atoms in total. The zero-order valence-corrected chi connectivity index (χ0v) is 17.7. The summed E-state index contributed by atoms with van der Waals surface area (Å²) >= 11 is 1.69. The quantitative estimate of drug-likeness (QED) is 0.644. The molecule has 0 saturated carbocycles. The number of aryl methyl sites for hydroxylation is 1. The molecule has 1 saturated heterocycles. The van der Waals surface area contributed by atoms with Gasteiger partial charge in [-0.1, -0.05) is 45.0 Å². The Labute approximate surface area is 170 Å². The molecule has 3 aromatic rings. The Morgan fingerprint density at radius 1 is 1.00 bits per heavy atom. The van der Waals surface area contributed by atoms with Crippen molar-refractivity contribution >= 4 is 17.3 Å². The highest BCUT2D eigenvalue weighted by atomic mass is 32.1. The Kier molecular flexibility index (Phi) is 5.17. The first-order valence-electron chi connectivity index (χ1n) is 9.66. The number of hydrogen-bond acceptors (Lipinski definition) is 6. The smallest absolute Gasteiger partial charge is 0.226 e. The van der Waals surface area contributed by atoms with E-state index in [-0.39, 0.29) is 5.41 Å². The van der Waals surface area contributed by atoms with Crippen molar-refractivity contribution in [3.05, 3.63) is 47.8 Å². The molecular formula is C22H26N4OS. The van der Waals surface area contributed by atoms with Gasteiger partial charge in [-0.15, -0.1) is 11.3 Å². The van der Waals surface area contributed by atoms with Crippen LogP contribution in [-0.2, 0) is 10.2 Å². The van der Waals surface area contributed by atoms with E-state index in [0.29, 0.717) is 0 Å². The van der Waals surface area contributed by atoms with E-state index < -0.39 is 0 Å². The lowest BCUT2D eigenvalue weighted by atomic mass is 9.87. The molecule has 1 aliphatic heterocycles. The summed E-state index contributed by atoms with van der Waals surface area (Å²) in [5, 5.41) is 1.03. The lowest BCUT2D eigenvalue weighted by molar-refractivity contribution is 0.122. The zero-order valence-electron chi connectivity index (χ0n) is 16.9. The van der Waals surface area contributed by atoms with Gasteiger partial charge in [0.15, 0.2) is 0 Å². The van der Waals surface area contributed by atoms with Crippen molar-refractivity contribution in [3.63, 3.8) is 0 Å². The summed E-state index contributed by atoms with van der Waals surface area (Å²) in [6.07, 6.45) is 1.84. The number of ether oxygens (including phenoxy) is 1. The largest absolute Gasteiger partial charge is 0.378 e. The van der Waals surface area contributed by atoms with Crippen LogP contribution in [0.25, 0.3) is 21.1 Å². The summed E-state index contributed by atoms with van der Waals surface area (Å²) in [5.74, 6) is 0.768. The van der Waals surface area contributed by atoms with Crippen LogP contribution < -0.4 is 4.90 Å². The average molecular weight is 395 g/mol. The van der Waals surface area contributed by atoms with Gasteiger partial charge in [0.05, 0.1) is 29.5 Å². The Morgan fingerprint density at radius 3 is 2.39 bits per heavy atom. The molecule has 1 aliphatic rings. The van der Waals surface area contributed by atoms with Gasteiger partial charge >= 0.3 is 0 Å². The molecule has 0 atom stereocenters. The summed E-state index contributed by atoms with van der Waals surface area (Å²) in [6.45, 7) is 11.9. The van der Waals surface area contributed by atoms with E-state index in [4.69, 9.17) is 14.7 Å². The Balaban J connectivity index is 1.63. The van der Waals surface area contributed by atoms with Crippen molar-refractivity contribution in [3.8, 4) is 21.1 Å². The van der Waals surface area contributed by atoms with Gasteiger partial charge in [-0.05, 0) is 24.0 Å². The fourth-order valence-corrected chi connectivity index (χ4v) is 4.30. The molecule has 4 rings (SSSR count). The first kappa shape index (κ1) is 19.0. The molecule has 6 heteroatoms. The first-order valence-corrected chi connectivity index (χ1v) is 10.5. The number of anilines is 1. The summed E-state index contributed by atoms with van der Waals surface area (Å²) in [7, 11) is 0. The Hall–Kier alpha value is -2.31. The van der Waals surface area contributed by atoms with Crippen LogP contribution in [0.4, 0.5) is 5.95 Å². The maximum absolute atomic E-state index is 5.43. The van der Waals surface area contributed by atoms with Crippen LogP contribution in [-0.4, -0.2) is 41.3 Å². The number of aromatic nitrogens is 3. The second-order valence-electron chi connectivity index (χ2n) is 8.10. The van der Waals surface area contributed by atoms with Gasteiger partial charge in [0.1, 0.15) is 5.01 Å². The maximum atomic E-state index is 5.43. The van der Waals surface area contributed by atoms with Crippen LogP contribution in [0, 0.1) is 6.92 Å². The summed E-state index contributed by atoms with van der Waals surface area (Å²) in [5.41, 5.74) is 4.57. The Morgan fingerprint density at radius 2 is 1.71 bits per heavy atom. The lowest BCUT2D eigenvalue weighted by Crippen LogP contribution is -2.37. The number of thiazole rings is 1. The van der Waals surface area contributed by atoms with Gasteiger partial charge in [0.25, 0.3) is 0 Å². The van der Waals surface area contributed by atoms with Gasteiger partial charge in [0, 0.05) is 24.8 Å². The zero-order chi connectivity index (χ0) is 19.7. The third kappa shape index (κ3) is 3.93. The molecule has 0 spiro atoms. The van der Waals surface area contributed by atoms with Crippen LogP contribution in [0.1, 0.15) is 32.0 Å². The molecule has 2 aromatic heterocycles. The van der Waals surface area contributed by atoms with Crippen molar-refractivity contribution in [1.29, 1.82) is 0 Å². The van der Waals surface area contributed by atoms with Crippen molar-refractivity contribution in [2.75, 3.05) is 31.2 Å². The van der Waals surface area contributed by atoms with Gasteiger partial charge < -0.3 is 9.64 Å². The number of morpholine rings is 1. The van der Waals surface area contributed by atoms with E-state index in [1.54, 1.807) is 11.3 Å². The van der Waals surface area contributed by atoms with E-state index in [1.807, 2.05) is 12.3 Å². The molecule has 1 aromatic carbocycles. The van der Waals surface area contributed by atoms with Gasteiger partial charge in [0.2, 0.25) is 5.95 Å². The highest BCUT2D eigenvalue weighted by Gasteiger charge is 2.18. The van der Waals surface area contributed by atoms with Gasteiger partial charge in [-0.3, -0.25) is 0 Å². The van der Waals surface area contributed by atoms with Crippen molar-refractivity contribution < 1.29 is 4.74 Å². The highest BCUT2D eigenvalue weighted by Crippen LogP contribution is 2.35. The number of nitrogens with zero attached hydrogens (tertiary/aromatic N) is 4. The maximum Gasteiger partial charge on any atom is 0.226 e. The van der Waals surface area contributed by atoms with E-state index in [1.165, 1.54) is 5.56 Å². The van der Waals surface area contributed by atoms with E-state index in [0.717, 1.165) is 59.1 Å². The van der Waals surface area contributed by atoms with Gasteiger partial charge in [-0.2, -0.15) is 0 Å². The number of benzene rings is 1. The molecule has 0 amide bonds. The molecule has 3 heterocycles. The molecule has 0 aliphatic carbocycles. The van der Waals surface area contributed by atoms with Crippen molar-refractivity contribution in [2.24, 2.45) is 0 Å². The minimum Gasteiger partial charge on any atom is -0.378 e. The lowest BCUT2D eigenvalue weighted by Gasteiger charge is -2.26. The SMILES string of the molecule is Cc1nc(-c2ccc(C(C)(C)C)cc2)sc1-c1ccnc(N2CCOCC2)n1. The third-order valence-electron chi connectivity index (χ3n) is 4.96. The second-order valence-corrected chi connectivity index (χ2v) is 9.10. The van der Waals surface area contributed by atoms with E-state index in [9.17, 15) is 0 Å². The van der Waals surface area contributed by atoms with Crippen molar-refractivity contribution in [1.82, 2.24) is 15.0 Å². The molecule has 1 fully saturated rings. The molecule has 0 radical (unpaired) electrons. The predicted molar refractivity (Wildman–Crippen MR) is 115 cm³/mol. The molecular weight excluding hydrogens is 368 g/mol. The molecule has 146 valence electrons. The molecule has 0 bridgehead atoms. The minimum absolute atomic E-state index is 0.152. The summed E-state index contributed by atoms with van der Waals surface area (Å²) in [6, 6.07) is 10.7. The Bertz CT molecular complexity index is 953. The number of rotatable bonds is 3. The monoisotopic (exact) mass is 394 g/mol. The molecule has 0 N–H and O–H groups in total. The van der Waals surface area contributed by atoms with E-state index >= 15 is 0 Å². The average Bonchev–Trinajstić information content (AvgIpc) is 3.10. The van der Waals surface area contributed by atoms with E-state index in [2.05, 4.69) is 61.8 Å². The summed E-state index contributed by atoms with van der Waals surface area (Å²) < 4.78 is 5.43. The fourth-order valence-electron chi connectivity index (χ4n) is 3.26. The first-order chi connectivity index (χ1) is 13.4. The van der Waals surface area contributed by atoms with Gasteiger partial charge in [-0.25, -0.2) is 15.0 Å². The minimum atomic E-state index is 0.152. The number of hydrogen-bond donors (Lipinski definition) is 0.